The Kier molecular flexibility index (Phi) is 7.02. The first-order valence-electron chi connectivity index (χ1n) is 12.9. The third-order valence-electron chi connectivity index (χ3n) is 7.53. The Morgan fingerprint density at radius 3 is 2.24 bits per heavy atom. The predicted molar refractivity (Wildman–Crippen MR) is 140 cm³/mol. The summed E-state index contributed by atoms with van der Waals surface area (Å²) in [5, 5.41) is 6.17. The summed E-state index contributed by atoms with van der Waals surface area (Å²) in [6.45, 7) is 10.4. The van der Waals surface area contributed by atoms with Crippen molar-refractivity contribution in [2.75, 3.05) is 57.7 Å². The number of carbonyl (C=O) groups is 2. The van der Waals surface area contributed by atoms with Crippen molar-refractivity contribution in [3.05, 3.63) is 52.6 Å². The fourth-order valence-electron chi connectivity index (χ4n) is 5.48. The predicted octanol–water partition coefficient (Wildman–Crippen LogP) is 0.297. The number of hydrogen-bond acceptors (Lipinski definition) is 7. The lowest BCUT2D eigenvalue weighted by atomic mass is 10.0. The molecule has 3 saturated heterocycles. The lowest BCUT2D eigenvalue weighted by Crippen LogP contribution is -2.58. The molecule has 1 aromatic carbocycles. The summed E-state index contributed by atoms with van der Waals surface area (Å²) >= 11 is 0. The van der Waals surface area contributed by atoms with E-state index in [1.54, 1.807) is 35.9 Å². The largest absolute Gasteiger partial charge is 0.354 e. The first kappa shape index (κ1) is 25.4. The highest BCUT2D eigenvalue weighted by Gasteiger charge is 2.35. The molecule has 0 bridgehead atoms. The van der Waals surface area contributed by atoms with Crippen molar-refractivity contribution in [3.8, 4) is 5.69 Å². The van der Waals surface area contributed by atoms with Crippen LogP contribution in [-0.4, -0.2) is 94.1 Å². The molecule has 3 fully saturated rings. The van der Waals surface area contributed by atoms with Crippen LogP contribution in [0, 0.1) is 11.8 Å². The minimum Gasteiger partial charge on any atom is -0.338 e. The maximum atomic E-state index is 12.7. The third kappa shape index (κ3) is 5.68. The average molecular weight is 509 g/mol. The quantitative estimate of drug-likeness (QED) is 0.530. The molecule has 3 aliphatic heterocycles. The van der Waals surface area contributed by atoms with Crippen molar-refractivity contribution < 1.29 is 9.59 Å². The molecule has 2 atom stereocenters. The first-order valence-corrected chi connectivity index (χ1v) is 12.9. The van der Waals surface area contributed by atoms with Crippen molar-refractivity contribution >= 4 is 17.8 Å². The van der Waals surface area contributed by atoms with Crippen LogP contribution >= 0.6 is 0 Å². The van der Waals surface area contributed by atoms with Gasteiger partial charge in [-0.1, -0.05) is 12.1 Å². The molecule has 4 N–H and O–H groups in total. The van der Waals surface area contributed by atoms with Gasteiger partial charge in [-0.2, -0.15) is 4.98 Å². The maximum Gasteiger partial charge on any atom is 0.354 e. The molecule has 0 radical (unpaired) electrons. The molecule has 2 aromatic rings. The molecule has 37 heavy (non-hydrogen) atoms. The van der Waals surface area contributed by atoms with Gasteiger partial charge in [-0.15, -0.1) is 0 Å². The number of nitrogens with one attached hydrogen (secondary N) is 2. The molecular weight excluding hydrogens is 472 g/mol. The Morgan fingerprint density at radius 1 is 1.03 bits per heavy atom. The fourth-order valence-corrected chi connectivity index (χ4v) is 5.48. The van der Waals surface area contributed by atoms with Gasteiger partial charge >= 0.3 is 11.7 Å². The summed E-state index contributed by atoms with van der Waals surface area (Å²) < 4.78 is 1.46. The van der Waals surface area contributed by atoms with E-state index in [0.717, 1.165) is 50.2 Å². The minimum atomic E-state index is -0.941. The zero-order valence-electron chi connectivity index (χ0n) is 21.5. The van der Waals surface area contributed by atoms with Gasteiger partial charge in [-0.3, -0.25) is 19.6 Å². The van der Waals surface area contributed by atoms with Crippen LogP contribution in [0.3, 0.4) is 0 Å². The number of carbonyl (C=O) groups excluding carboxylic acids is 2. The van der Waals surface area contributed by atoms with Gasteiger partial charge in [0, 0.05) is 52.0 Å². The van der Waals surface area contributed by atoms with Crippen molar-refractivity contribution in [2.24, 2.45) is 17.6 Å². The number of hydrogen-bond donors (Lipinski definition) is 3. The van der Waals surface area contributed by atoms with Gasteiger partial charge in [0.2, 0.25) is 5.91 Å². The summed E-state index contributed by atoms with van der Waals surface area (Å²) in [5.74, 6) is 1.58. The number of urea groups is 1. The highest BCUT2D eigenvalue weighted by molar-refractivity contribution is 5.89. The van der Waals surface area contributed by atoms with Crippen LogP contribution in [0.25, 0.3) is 5.69 Å². The third-order valence-corrected chi connectivity index (χ3v) is 7.53. The van der Waals surface area contributed by atoms with Crippen LogP contribution in [0.4, 0.5) is 10.6 Å². The Labute approximate surface area is 216 Å². The minimum absolute atomic E-state index is 0.137. The molecular formula is C26H36N8O3. The van der Waals surface area contributed by atoms with Crippen molar-refractivity contribution in [2.45, 2.75) is 25.9 Å². The van der Waals surface area contributed by atoms with E-state index in [-0.39, 0.29) is 17.8 Å². The lowest BCUT2D eigenvalue weighted by Gasteiger charge is -2.37. The molecule has 0 aliphatic carbocycles. The van der Waals surface area contributed by atoms with E-state index in [0.29, 0.717) is 26.2 Å². The summed E-state index contributed by atoms with van der Waals surface area (Å²) in [6.07, 6.45) is 1.62. The molecule has 11 heteroatoms. The number of amides is 3. The Hall–Kier alpha value is -3.28. The number of likely N-dealkylation sites (tertiary alicyclic amines) is 1. The number of aromatic nitrogens is 2. The first-order chi connectivity index (χ1) is 17.7. The van der Waals surface area contributed by atoms with Gasteiger partial charge in [-0.25, -0.2) is 9.59 Å². The van der Waals surface area contributed by atoms with Gasteiger partial charge in [-0.05, 0) is 62.5 Å². The number of anilines is 1. The van der Waals surface area contributed by atoms with E-state index in [2.05, 4.69) is 32.7 Å². The van der Waals surface area contributed by atoms with Crippen LogP contribution in [0.1, 0.15) is 19.4 Å². The molecule has 198 valence electrons. The Morgan fingerprint density at radius 2 is 1.65 bits per heavy atom. The Balaban J connectivity index is 1.15. The maximum absolute atomic E-state index is 12.7. The van der Waals surface area contributed by atoms with Crippen molar-refractivity contribution in [1.29, 1.82) is 0 Å². The van der Waals surface area contributed by atoms with E-state index < -0.39 is 11.2 Å². The van der Waals surface area contributed by atoms with Crippen LogP contribution < -0.4 is 22.1 Å². The van der Waals surface area contributed by atoms with E-state index in [1.165, 1.54) is 10.1 Å². The van der Waals surface area contributed by atoms with Crippen LogP contribution in [0.15, 0.2) is 41.3 Å². The summed E-state index contributed by atoms with van der Waals surface area (Å²) in [4.78, 5) is 47.5. The topological polar surface area (TPSA) is 129 Å². The van der Waals surface area contributed by atoms with Crippen LogP contribution in [0.5, 0.6) is 0 Å². The number of nitrogens with two attached hydrogens (primary N) is 1. The molecule has 3 aliphatic rings. The van der Waals surface area contributed by atoms with E-state index in [1.807, 2.05) is 12.1 Å². The zero-order chi connectivity index (χ0) is 26.2. The van der Waals surface area contributed by atoms with Gasteiger partial charge in [0.15, 0.2) is 0 Å². The number of benzene rings is 1. The summed E-state index contributed by atoms with van der Waals surface area (Å²) in [5.41, 5.74) is 6.44. The van der Waals surface area contributed by atoms with Crippen molar-refractivity contribution in [3.63, 3.8) is 0 Å². The molecule has 3 amide bonds. The standard InChI is InChI=1S/C26H36N8O3/c1-26(2,27)23(35)32-9-11-33(12-10-32)24(36)29-22-7-8-34(25(37)30-22)21-5-3-18(4-6-21)15-31-16-19-13-28-14-20(19)17-31/h3-8,19-20,28H,9-17,27H2,1-2H3,(H,29,30,36,37). The molecule has 1 aromatic heterocycles. The molecule has 4 heterocycles. The van der Waals surface area contributed by atoms with Gasteiger partial charge in [0.1, 0.15) is 5.82 Å². The van der Waals surface area contributed by atoms with Gasteiger partial charge < -0.3 is 20.9 Å². The SMILES string of the molecule is CC(C)(N)C(=O)N1CCN(C(=O)Nc2ccn(-c3ccc(CN4CC5CNCC5C4)cc3)c(=O)n2)CC1. The highest BCUT2D eigenvalue weighted by atomic mass is 16.2. The fraction of sp³-hybridized carbons (Fsp3) is 0.538. The summed E-state index contributed by atoms with van der Waals surface area (Å²) in [6, 6.07) is 9.23. The van der Waals surface area contributed by atoms with Crippen LogP contribution in [0.2, 0.25) is 0 Å². The van der Waals surface area contributed by atoms with Crippen molar-refractivity contribution in [1.82, 2.24) is 29.6 Å². The molecule has 0 spiro atoms. The molecule has 2 unspecified atom stereocenters. The van der Waals surface area contributed by atoms with E-state index >= 15 is 0 Å². The van der Waals surface area contributed by atoms with E-state index in [9.17, 15) is 14.4 Å². The monoisotopic (exact) mass is 508 g/mol. The molecule has 0 saturated carbocycles. The van der Waals surface area contributed by atoms with E-state index in [4.69, 9.17) is 5.73 Å². The highest BCUT2D eigenvalue weighted by Crippen LogP contribution is 2.27. The lowest BCUT2D eigenvalue weighted by molar-refractivity contribution is -0.137. The molecule has 11 nitrogen and oxygen atoms in total. The Bertz CT molecular complexity index is 1190. The second-order valence-corrected chi connectivity index (χ2v) is 10.9. The second kappa shape index (κ2) is 10.2. The smallest absolute Gasteiger partial charge is 0.338 e. The normalized spacial score (nSPS) is 22.2. The zero-order valence-corrected chi connectivity index (χ0v) is 21.5. The number of piperazine rings is 1. The number of fused-ring (bicyclic) bond motifs is 1. The summed E-state index contributed by atoms with van der Waals surface area (Å²) in [7, 11) is 0. The van der Waals surface area contributed by atoms with Crippen LogP contribution in [-0.2, 0) is 11.3 Å². The average Bonchev–Trinajstić information content (AvgIpc) is 3.46. The molecule has 5 rings (SSSR count). The van der Waals surface area contributed by atoms with Gasteiger partial charge in [0.05, 0.1) is 11.2 Å². The second-order valence-electron chi connectivity index (χ2n) is 10.9. The number of nitrogens with zero attached hydrogens (tertiary/aromatic N) is 5. The number of rotatable bonds is 5. The van der Waals surface area contributed by atoms with Gasteiger partial charge in [0.25, 0.3) is 0 Å².